The molecule has 1 nitrogen and oxygen atoms in total. The third kappa shape index (κ3) is 3.84. The van der Waals surface area contributed by atoms with Crippen LogP contribution < -0.4 is 0 Å². The van der Waals surface area contributed by atoms with Crippen LogP contribution in [-0.4, -0.2) is 10.9 Å². The molecule has 0 aliphatic carbocycles. The lowest BCUT2D eigenvalue weighted by atomic mass is 10.0. The maximum atomic E-state index is 13.4. The maximum absolute atomic E-state index is 13.4. The normalized spacial score (nSPS) is 12.4. The largest absolute Gasteiger partial charge is 0.388 e. The van der Waals surface area contributed by atoms with Gasteiger partial charge in [-0.15, -0.1) is 11.8 Å². The van der Waals surface area contributed by atoms with Crippen LogP contribution in [0.25, 0.3) is 0 Å². The van der Waals surface area contributed by atoms with E-state index in [4.69, 9.17) is 0 Å². The van der Waals surface area contributed by atoms with Crippen molar-refractivity contribution < 1.29 is 9.50 Å². The number of benzene rings is 2. The van der Waals surface area contributed by atoms with Gasteiger partial charge in [0.1, 0.15) is 5.82 Å². The van der Waals surface area contributed by atoms with Gasteiger partial charge in [-0.1, -0.05) is 31.2 Å². The smallest absolute Gasteiger partial charge is 0.137 e. The van der Waals surface area contributed by atoms with E-state index in [0.29, 0.717) is 10.9 Å². The van der Waals surface area contributed by atoms with Crippen LogP contribution in [0.2, 0.25) is 0 Å². The fourth-order valence-corrected chi connectivity index (χ4v) is 3.07. The van der Waals surface area contributed by atoms with Crippen molar-refractivity contribution in [2.24, 2.45) is 0 Å². The zero-order chi connectivity index (χ0) is 14.5. The summed E-state index contributed by atoms with van der Waals surface area (Å²) in [6, 6.07) is 12.7. The molecule has 0 bridgehead atoms. The molecule has 2 aromatic rings. The molecule has 1 atom stereocenters. The molecule has 1 unspecified atom stereocenters. The topological polar surface area (TPSA) is 20.2 Å². The summed E-state index contributed by atoms with van der Waals surface area (Å²) in [5.41, 5.74) is 1.62. The maximum Gasteiger partial charge on any atom is 0.137 e. The Labute approximate surface area is 131 Å². The van der Waals surface area contributed by atoms with Crippen LogP contribution in [0, 0.1) is 5.82 Å². The Hall–Kier alpha value is -0.840. The van der Waals surface area contributed by atoms with Gasteiger partial charge in [0.2, 0.25) is 0 Å². The van der Waals surface area contributed by atoms with Gasteiger partial charge in [0, 0.05) is 11.3 Å². The molecular weight excluding hydrogens is 339 g/mol. The Bertz CT molecular complexity index is 571. The molecule has 0 heterocycles. The number of aliphatic hydroxyl groups is 1. The molecule has 0 amide bonds. The van der Waals surface area contributed by atoms with Crippen LogP contribution in [0.1, 0.15) is 24.2 Å². The van der Waals surface area contributed by atoms with Gasteiger partial charge in [0.15, 0.2) is 0 Å². The summed E-state index contributed by atoms with van der Waals surface area (Å²) < 4.78 is 13.9. The lowest BCUT2D eigenvalue weighted by Crippen LogP contribution is -2.03. The van der Waals surface area contributed by atoms with Crippen LogP contribution in [0.15, 0.2) is 51.8 Å². The molecule has 20 heavy (non-hydrogen) atoms. The first-order chi connectivity index (χ1) is 9.61. The van der Waals surface area contributed by atoms with E-state index in [1.165, 1.54) is 11.0 Å². The van der Waals surface area contributed by atoms with Crippen LogP contribution in [-0.2, 0) is 6.42 Å². The van der Waals surface area contributed by atoms with E-state index in [-0.39, 0.29) is 5.82 Å². The number of halogens is 2. The highest BCUT2D eigenvalue weighted by Gasteiger charge is 2.12. The van der Waals surface area contributed by atoms with Crippen molar-refractivity contribution in [1.29, 1.82) is 0 Å². The Morgan fingerprint density at radius 2 is 1.90 bits per heavy atom. The third-order valence-corrected chi connectivity index (χ3v) is 4.80. The van der Waals surface area contributed by atoms with Gasteiger partial charge in [-0.2, -0.15) is 0 Å². The predicted molar refractivity (Wildman–Crippen MR) is 85.6 cm³/mol. The average Bonchev–Trinajstić information content (AvgIpc) is 2.45. The minimum Gasteiger partial charge on any atom is -0.388 e. The zero-order valence-corrected chi connectivity index (χ0v) is 13.5. The molecule has 2 aromatic carbocycles. The minimum atomic E-state index is -0.631. The minimum absolute atomic E-state index is 0.301. The second-order valence-electron chi connectivity index (χ2n) is 4.43. The SMILES string of the molecule is CCSc1ccc(C(O)Cc2cccc(F)c2Br)cc1. The molecule has 0 aliphatic rings. The molecular formula is C16H16BrFOS. The lowest BCUT2D eigenvalue weighted by Gasteiger charge is -2.13. The second-order valence-corrected chi connectivity index (χ2v) is 6.57. The second kappa shape index (κ2) is 7.25. The van der Waals surface area contributed by atoms with Crippen LogP contribution in [0.4, 0.5) is 4.39 Å². The predicted octanol–water partition coefficient (Wildman–Crippen LogP) is 4.98. The van der Waals surface area contributed by atoms with Gasteiger partial charge in [0.05, 0.1) is 10.6 Å². The average molecular weight is 355 g/mol. The van der Waals surface area contributed by atoms with E-state index in [9.17, 15) is 9.50 Å². The van der Waals surface area contributed by atoms with E-state index in [2.05, 4.69) is 22.9 Å². The summed E-state index contributed by atoms with van der Waals surface area (Å²) >= 11 is 4.99. The third-order valence-electron chi connectivity index (χ3n) is 3.02. The summed E-state index contributed by atoms with van der Waals surface area (Å²) in [7, 11) is 0. The van der Waals surface area contributed by atoms with Gasteiger partial charge in [0.25, 0.3) is 0 Å². The van der Waals surface area contributed by atoms with Crippen molar-refractivity contribution in [3.05, 3.63) is 63.9 Å². The first-order valence-electron chi connectivity index (χ1n) is 6.45. The number of hydrogen-bond acceptors (Lipinski definition) is 2. The standard InChI is InChI=1S/C16H16BrFOS/c1-2-20-13-8-6-11(7-9-13)15(19)10-12-4-3-5-14(18)16(12)17/h3-9,15,19H,2,10H2,1H3. The van der Waals surface area contributed by atoms with Crippen molar-refractivity contribution in [3.8, 4) is 0 Å². The fourth-order valence-electron chi connectivity index (χ4n) is 1.99. The lowest BCUT2D eigenvalue weighted by molar-refractivity contribution is 0.178. The van der Waals surface area contributed by atoms with Crippen molar-refractivity contribution in [2.75, 3.05) is 5.75 Å². The van der Waals surface area contributed by atoms with E-state index >= 15 is 0 Å². The number of thioether (sulfide) groups is 1. The molecule has 106 valence electrons. The van der Waals surface area contributed by atoms with Crippen molar-refractivity contribution in [1.82, 2.24) is 0 Å². The summed E-state index contributed by atoms with van der Waals surface area (Å²) in [5, 5.41) is 10.3. The Morgan fingerprint density at radius 3 is 2.55 bits per heavy atom. The molecule has 0 aliphatic heterocycles. The molecule has 0 fully saturated rings. The van der Waals surface area contributed by atoms with Gasteiger partial charge < -0.3 is 5.11 Å². The van der Waals surface area contributed by atoms with E-state index in [1.807, 2.05) is 30.3 Å². The van der Waals surface area contributed by atoms with Gasteiger partial charge in [-0.25, -0.2) is 4.39 Å². The monoisotopic (exact) mass is 354 g/mol. The zero-order valence-electron chi connectivity index (χ0n) is 11.1. The molecule has 0 saturated heterocycles. The molecule has 0 spiro atoms. The molecule has 0 aromatic heterocycles. The van der Waals surface area contributed by atoms with Crippen molar-refractivity contribution >= 4 is 27.7 Å². The van der Waals surface area contributed by atoms with E-state index in [0.717, 1.165) is 16.9 Å². The number of aliphatic hydroxyl groups excluding tert-OH is 1. The highest BCUT2D eigenvalue weighted by atomic mass is 79.9. The summed E-state index contributed by atoms with van der Waals surface area (Å²) in [4.78, 5) is 1.19. The fraction of sp³-hybridized carbons (Fsp3) is 0.250. The van der Waals surface area contributed by atoms with Crippen molar-refractivity contribution in [3.63, 3.8) is 0 Å². The van der Waals surface area contributed by atoms with Crippen LogP contribution in [0.5, 0.6) is 0 Å². The molecule has 4 heteroatoms. The highest BCUT2D eigenvalue weighted by Crippen LogP contribution is 2.27. The van der Waals surface area contributed by atoms with Gasteiger partial charge in [-0.3, -0.25) is 0 Å². The van der Waals surface area contributed by atoms with Crippen LogP contribution in [0.3, 0.4) is 0 Å². The summed E-state index contributed by atoms with van der Waals surface area (Å²) in [6.45, 7) is 2.11. The molecule has 0 saturated carbocycles. The first kappa shape index (κ1) is 15.5. The van der Waals surface area contributed by atoms with E-state index in [1.54, 1.807) is 17.8 Å². The van der Waals surface area contributed by atoms with Crippen molar-refractivity contribution in [2.45, 2.75) is 24.3 Å². The molecule has 0 radical (unpaired) electrons. The summed E-state index contributed by atoms with van der Waals surface area (Å²) in [6.07, 6.45) is -0.243. The highest BCUT2D eigenvalue weighted by molar-refractivity contribution is 9.10. The first-order valence-corrected chi connectivity index (χ1v) is 8.23. The quantitative estimate of drug-likeness (QED) is 0.764. The van der Waals surface area contributed by atoms with Gasteiger partial charge >= 0.3 is 0 Å². The Balaban J connectivity index is 2.11. The number of hydrogen-bond donors (Lipinski definition) is 1. The Morgan fingerprint density at radius 1 is 1.20 bits per heavy atom. The van der Waals surface area contributed by atoms with E-state index < -0.39 is 6.10 Å². The van der Waals surface area contributed by atoms with Gasteiger partial charge in [-0.05, 0) is 51.0 Å². The molecule has 1 N–H and O–H groups in total. The number of rotatable bonds is 5. The Kier molecular flexibility index (Phi) is 5.64. The summed E-state index contributed by atoms with van der Waals surface area (Å²) in [5.74, 6) is 0.724. The van der Waals surface area contributed by atoms with Crippen LogP contribution >= 0.6 is 27.7 Å². The molecule has 2 rings (SSSR count).